The van der Waals surface area contributed by atoms with E-state index in [0.717, 1.165) is 11.1 Å². The Labute approximate surface area is 99.6 Å². The highest BCUT2D eigenvalue weighted by Gasteiger charge is 2.32. The molecule has 1 aliphatic carbocycles. The topological polar surface area (TPSA) is 69.6 Å². The molecule has 4 nitrogen and oxygen atoms in total. The largest absolute Gasteiger partial charge is 0.390 e. The van der Waals surface area contributed by atoms with Gasteiger partial charge in [0.15, 0.2) is 0 Å². The zero-order valence-corrected chi connectivity index (χ0v) is 9.28. The fraction of sp³-hybridized carbons (Fsp3) is 0.308. The van der Waals surface area contributed by atoms with Crippen LogP contribution in [0.2, 0.25) is 0 Å². The van der Waals surface area contributed by atoms with Gasteiger partial charge in [-0.05, 0) is 11.1 Å². The molecule has 1 aromatic carbocycles. The SMILES string of the molecule is O=CNC=CC1c2ccccc2CC(O)C1O. The number of benzene rings is 1. The number of hydrogen-bond acceptors (Lipinski definition) is 3. The van der Waals surface area contributed by atoms with Crippen LogP contribution in [0.3, 0.4) is 0 Å². The summed E-state index contributed by atoms with van der Waals surface area (Å²) in [5.74, 6) is -0.289. The molecular weight excluding hydrogens is 218 g/mol. The maximum atomic E-state index is 10.2. The normalized spacial score (nSPS) is 27.8. The first kappa shape index (κ1) is 11.8. The lowest BCUT2D eigenvalue weighted by atomic mass is 9.79. The van der Waals surface area contributed by atoms with Gasteiger partial charge in [0.1, 0.15) is 0 Å². The van der Waals surface area contributed by atoms with E-state index >= 15 is 0 Å². The molecule has 3 atom stereocenters. The molecule has 3 unspecified atom stereocenters. The van der Waals surface area contributed by atoms with Crippen LogP contribution in [-0.4, -0.2) is 28.8 Å². The second kappa shape index (κ2) is 5.12. The van der Waals surface area contributed by atoms with Crippen molar-refractivity contribution >= 4 is 6.41 Å². The first-order valence-electron chi connectivity index (χ1n) is 5.54. The fourth-order valence-corrected chi connectivity index (χ4v) is 2.23. The highest BCUT2D eigenvalue weighted by molar-refractivity contribution is 5.48. The summed E-state index contributed by atoms with van der Waals surface area (Å²) in [4.78, 5) is 10.2. The highest BCUT2D eigenvalue weighted by Crippen LogP contribution is 2.32. The monoisotopic (exact) mass is 233 g/mol. The summed E-state index contributed by atoms with van der Waals surface area (Å²) in [6.45, 7) is 0. The third kappa shape index (κ3) is 2.38. The molecule has 2 rings (SSSR count). The Morgan fingerprint density at radius 1 is 1.29 bits per heavy atom. The van der Waals surface area contributed by atoms with Crippen LogP contribution in [0.25, 0.3) is 0 Å². The van der Waals surface area contributed by atoms with Gasteiger partial charge in [0.2, 0.25) is 6.41 Å². The van der Waals surface area contributed by atoms with Crippen molar-refractivity contribution in [2.24, 2.45) is 0 Å². The number of carbonyl (C=O) groups is 1. The average molecular weight is 233 g/mol. The zero-order valence-electron chi connectivity index (χ0n) is 9.28. The summed E-state index contributed by atoms with van der Waals surface area (Å²) in [7, 11) is 0. The number of hydrogen-bond donors (Lipinski definition) is 3. The van der Waals surface area contributed by atoms with Crippen LogP contribution >= 0.6 is 0 Å². The van der Waals surface area contributed by atoms with E-state index in [-0.39, 0.29) is 5.92 Å². The molecule has 0 aromatic heterocycles. The molecule has 0 spiro atoms. The van der Waals surface area contributed by atoms with E-state index in [1.807, 2.05) is 24.3 Å². The molecule has 0 aliphatic heterocycles. The standard InChI is InChI=1S/C13H15NO3/c15-8-14-6-5-11-10-4-2-1-3-9(10)7-12(16)13(11)17/h1-6,8,11-13,16-17H,7H2,(H,14,15). The third-order valence-electron chi connectivity index (χ3n) is 3.07. The van der Waals surface area contributed by atoms with Crippen LogP contribution in [0.4, 0.5) is 0 Å². The Hall–Kier alpha value is -1.65. The number of fused-ring (bicyclic) bond motifs is 1. The first-order chi connectivity index (χ1) is 8.24. The first-order valence-corrected chi connectivity index (χ1v) is 5.54. The number of aliphatic hydroxyl groups is 2. The lowest BCUT2D eigenvalue weighted by Gasteiger charge is -2.32. The molecule has 0 saturated heterocycles. The molecule has 0 radical (unpaired) electrons. The zero-order chi connectivity index (χ0) is 12.3. The van der Waals surface area contributed by atoms with E-state index in [1.54, 1.807) is 6.08 Å². The van der Waals surface area contributed by atoms with Crippen molar-refractivity contribution in [3.8, 4) is 0 Å². The van der Waals surface area contributed by atoms with Crippen LogP contribution in [0.5, 0.6) is 0 Å². The third-order valence-corrected chi connectivity index (χ3v) is 3.07. The molecule has 1 amide bonds. The summed E-state index contributed by atoms with van der Waals surface area (Å²) in [5.41, 5.74) is 2.03. The summed E-state index contributed by atoms with van der Waals surface area (Å²) in [5, 5.41) is 22.2. The van der Waals surface area contributed by atoms with E-state index in [1.165, 1.54) is 6.20 Å². The Balaban J connectivity index is 2.31. The molecule has 17 heavy (non-hydrogen) atoms. The van der Waals surface area contributed by atoms with Gasteiger partial charge in [0, 0.05) is 18.5 Å². The Bertz CT molecular complexity index is 430. The Kier molecular flexibility index (Phi) is 3.56. The smallest absolute Gasteiger partial charge is 0.211 e. The van der Waals surface area contributed by atoms with E-state index < -0.39 is 12.2 Å². The van der Waals surface area contributed by atoms with Crippen LogP contribution in [0.1, 0.15) is 17.0 Å². The Morgan fingerprint density at radius 3 is 2.82 bits per heavy atom. The van der Waals surface area contributed by atoms with E-state index in [4.69, 9.17) is 0 Å². The van der Waals surface area contributed by atoms with Gasteiger partial charge in [-0.25, -0.2) is 0 Å². The van der Waals surface area contributed by atoms with Gasteiger partial charge in [-0.3, -0.25) is 4.79 Å². The van der Waals surface area contributed by atoms with Gasteiger partial charge in [-0.15, -0.1) is 0 Å². The number of rotatable bonds is 3. The molecule has 0 bridgehead atoms. The highest BCUT2D eigenvalue weighted by atomic mass is 16.3. The predicted octanol–water partition coefficient (Wildman–Crippen LogP) is 0.308. The molecule has 3 N–H and O–H groups in total. The van der Waals surface area contributed by atoms with Gasteiger partial charge in [-0.1, -0.05) is 30.3 Å². The van der Waals surface area contributed by atoms with Crippen molar-refractivity contribution in [3.05, 3.63) is 47.7 Å². The molecule has 0 heterocycles. The molecular formula is C13H15NO3. The second-order valence-electron chi connectivity index (χ2n) is 4.13. The average Bonchev–Trinajstić information content (AvgIpc) is 2.34. The molecule has 4 heteroatoms. The number of carbonyl (C=O) groups excluding carboxylic acids is 1. The van der Waals surface area contributed by atoms with E-state index in [2.05, 4.69) is 5.32 Å². The fourth-order valence-electron chi connectivity index (χ4n) is 2.23. The van der Waals surface area contributed by atoms with Crippen LogP contribution in [0, 0.1) is 0 Å². The van der Waals surface area contributed by atoms with Gasteiger partial charge in [0.25, 0.3) is 0 Å². The summed E-state index contributed by atoms with van der Waals surface area (Å²) >= 11 is 0. The van der Waals surface area contributed by atoms with Crippen LogP contribution < -0.4 is 5.32 Å². The summed E-state index contributed by atoms with van der Waals surface area (Å²) < 4.78 is 0. The maximum Gasteiger partial charge on any atom is 0.211 e. The summed E-state index contributed by atoms with van der Waals surface area (Å²) in [6, 6.07) is 7.68. The molecule has 0 saturated carbocycles. The molecule has 1 aromatic rings. The van der Waals surface area contributed by atoms with Crippen LogP contribution in [0.15, 0.2) is 36.5 Å². The number of nitrogens with one attached hydrogen (secondary N) is 1. The lowest BCUT2D eigenvalue weighted by molar-refractivity contribution is -0.108. The van der Waals surface area contributed by atoms with Gasteiger partial charge in [0.05, 0.1) is 12.2 Å². The van der Waals surface area contributed by atoms with E-state index in [0.29, 0.717) is 12.8 Å². The van der Waals surface area contributed by atoms with Crippen molar-refractivity contribution < 1.29 is 15.0 Å². The predicted molar refractivity (Wildman–Crippen MR) is 63.2 cm³/mol. The maximum absolute atomic E-state index is 10.2. The number of aliphatic hydroxyl groups excluding tert-OH is 2. The molecule has 0 fully saturated rings. The van der Waals surface area contributed by atoms with Crippen molar-refractivity contribution in [3.63, 3.8) is 0 Å². The minimum absolute atomic E-state index is 0.289. The van der Waals surface area contributed by atoms with E-state index in [9.17, 15) is 15.0 Å². The lowest BCUT2D eigenvalue weighted by Crippen LogP contribution is -2.37. The second-order valence-corrected chi connectivity index (χ2v) is 4.13. The van der Waals surface area contributed by atoms with Crippen molar-refractivity contribution in [2.75, 3.05) is 0 Å². The van der Waals surface area contributed by atoms with Crippen LogP contribution in [-0.2, 0) is 11.2 Å². The van der Waals surface area contributed by atoms with Crippen molar-refractivity contribution in [2.45, 2.75) is 24.5 Å². The summed E-state index contributed by atoms with van der Waals surface area (Å²) in [6.07, 6.45) is 2.60. The quantitative estimate of drug-likeness (QED) is 0.658. The minimum atomic E-state index is -0.838. The molecule has 1 aliphatic rings. The van der Waals surface area contributed by atoms with Gasteiger partial charge < -0.3 is 15.5 Å². The molecule has 90 valence electrons. The number of amides is 1. The Morgan fingerprint density at radius 2 is 2.06 bits per heavy atom. The van der Waals surface area contributed by atoms with Crippen molar-refractivity contribution in [1.82, 2.24) is 5.32 Å². The van der Waals surface area contributed by atoms with Crippen molar-refractivity contribution in [1.29, 1.82) is 0 Å². The van der Waals surface area contributed by atoms with Gasteiger partial charge in [-0.2, -0.15) is 0 Å². The minimum Gasteiger partial charge on any atom is -0.390 e. The van der Waals surface area contributed by atoms with Gasteiger partial charge >= 0.3 is 0 Å².